The maximum atomic E-state index is 12.2. The van der Waals surface area contributed by atoms with Crippen molar-refractivity contribution in [2.75, 3.05) is 19.5 Å². The molecule has 1 aliphatic rings. The van der Waals surface area contributed by atoms with Gasteiger partial charge in [0.15, 0.2) is 17.3 Å². The Balaban J connectivity index is 1.48. The van der Waals surface area contributed by atoms with Gasteiger partial charge in [0.25, 0.3) is 5.91 Å². The summed E-state index contributed by atoms with van der Waals surface area (Å²) in [6, 6.07) is 17.0. The van der Waals surface area contributed by atoms with Gasteiger partial charge in [-0.05, 0) is 61.4 Å². The third-order valence-electron chi connectivity index (χ3n) is 4.65. The lowest BCUT2D eigenvalue weighted by Crippen LogP contribution is -2.25. The van der Waals surface area contributed by atoms with Gasteiger partial charge in [-0.1, -0.05) is 6.07 Å². The van der Waals surface area contributed by atoms with E-state index in [1.807, 2.05) is 48.5 Å². The number of carbonyl (C=O) groups is 1. The third-order valence-corrected chi connectivity index (χ3v) is 4.65. The minimum absolute atomic E-state index is 0.0500. The first-order valence-electron chi connectivity index (χ1n) is 9.40. The first-order chi connectivity index (χ1) is 14.2. The number of amides is 1. The molecule has 3 aromatic rings. The highest BCUT2D eigenvalue weighted by Gasteiger charge is 2.23. The molecule has 1 amide bonds. The second-order valence-electron chi connectivity index (χ2n) is 6.83. The van der Waals surface area contributed by atoms with Crippen LogP contribution in [-0.2, 0) is 0 Å². The van der Waals surface area contributed by atoms with Crippen molar-refractivity contribution in [1.82, 2.24) is 15.5 Å². The van der Waals surface area contributed by atoms with E-state index < -0.39 is 0 Å². The molecule has 29 heavy (non-hydrogen) atoms. The number of ether oxygens (including phenoxy) is 2. The molecule has 4 rings (SSSR count). The zero-order valence-electron chi connectivity index (χ0n) is 16.3. The minimum Gasteiger partial charge on any atom is -0.493 e. The van der Waals surface area contributed by atoms with E-state index >= 15 is 0 Å². The van der Waals surface area contributed by atoms with Gasteiger partial charge in [0.05, 0.1) is 19.9 Å². The smallest absolute Gasteiger partial charge is 0.251 e. The number of methoxy groups -OCH3 is 2. The molecule has 0 atom stereocenters. The minimum atomic E-state index is -0.0500. The number of anilines is 2. The van der Waals surface area contributed by atoms with Crippen LogP contribution >= 0.6 is 0 Å². The van der Waals surface area contributed by atoms with Crippen LogP contribution < -0.4 is 20.1 Å². The number of nitrogens with one attached hydrogen (secondary N) is 2. The molecule has 148 valence electrons. The predicted octanol–water partition coefficient (Wildman–Crippen LogP) is 3.80. The first-order valence-corrected chi connectivity index (χ1v) is 9.40. The van der Waals surface area contributed by atoms with Gasteiger partial charge in [-0.2, -0.15) is 0 Å². The third kappa shape index (κ3) is 4.45. The maximum absolute atomic E-state index is 12.2. The van der Waals surface area contributed by atoms with Gasteiger partial charge in [-0.3, -0.25) is 4.79 Å². The van der Waals surface area contributed by atoms with E-state index in [0.717, 1.165) is 24.1 Å². The normalized spacial score (nSPS) is 12.9. The van der Waals surface area contributed by atoms with Crippen LogP contribution in [0.5, 0.6) is 11.5 Å². The molecule has 7 nitrogen and oxygen atoms in total. The van der Waals surface area contributed by atoms with Crippen LogP contribution in [-0.4, -0.2) is 36.4 Å². The molecule has 7 heteroatoms. The van der Waals surface area contributed by atoms with E-state index in [1.165, 1.54) is 0 Å². The summed E-state index contributed by atoms with van der Waals surface area (Å²) in [6.07, 6.45) is 2.12. The van der Waals surface area contributed by atoms with E-state index in [0.29, 0.717) is 34.6 Å². The highest BCUT2D eigenvalue weighted by Crippen LogP contribution is 2.31. The quantitative estimate of drug-likeness (QED) is 0.638. The summed E-state index contributed by atoms with van der Waals surface area (Å²) >= 11 is 0. The molecule has 0 radical (unpaired) electrons. The maximum Gasteiger partial charge on any atom is 0.251 e. The average Bonchev–Trinajstić information content (AvgIpc) is 3.58. The average molecular weight is 390 g/mol. The number of hydrogen-bond acceptors (Lipinski definition) is 6. The molecule has 0 aliphatic heterocycles. The standard InChI is InChI=1S/C22H22N4O3/c1-28-19-10-6-14(13-20(19)29-2)18-9-11-21(26-25-18)23-17-5-3-4-15(12-17)22(27)24-16-7-8-16/h3-6,9-13,16H,7-8H2,1-2H3,(H,23,26)(H,24,27). The zero-order valence-corrected chi connectivity index (χ0v) is 16.3. The van der Waals surface area contributed by atoms with E-state index in [9.17, 15) is 4.79 Å². The van der Waals surface area contributed by atoms with Crippen molar-refractivity contribution in [3.8, 4) is 22.8 Å². The molecular formula is C22H22N4O3. The van der Waals surface area contributed by atoms with Gasteiger partial charge < -0.3 is 20.1 Å². The molecule has 1 heterocycles. The zero-order chi connectivity index (χ0) is 20.2. The van der Waals surface area contributed by atoms with Crippen molar-refractivity contribution in [3.63, 3.8) is 0 Å². The number of hydrogen-bond donors (Lipinski definition) is 2. The van der Waals surface area contributed by atoms with Crippen molar-refractivity contribution in [2.24, 2.45) is 0 Å². The molecule has 0 unspecified atom stereocenters. The lowest BCUT2D eigenvalue weighted by atomic mass is 10.1. The monoisotopic (exact) mass is 390 g/mol. The second-order valence-corrected chi connectivity index (χ2v) is 6.83. The molecule has 0 saturated heterocycles. The number of rotatable bonds is 7. The Morgan fingerprint density at radius 2 is 1.79 bits per heavy atom. The van der Waals surface area contributed by atoms with E-state index in [-0.39, 0.29) is 5.91 Å². The van der Waals surface area contributed by atoms with Gasteiger partial charge in [0.2, 0.25) is 0 Å². The first kappa shape index (κ1) is 18.7. The van der Waals surface area contributed by atoms with Crippen molar-refractivity contribution >= 4 is 17.4 Å². The topological polar surface area (TPSA) is 85.4 Å². The van der Waals surface area contributed by atoms with Crippen molar-refractivity contribution in [1.29, 1.82) is 0 Å². The van der Waals surface area contributed by atoms with Crippen molar-refractivity contribution in [3.05, 3.63) is 60.2 Å². The van der Waals surface area contributed by atoms with Crippen LogP contribution in [0.2, 0.25) is 0 Å². The van der Waals surface area contributed by atoms with Crippen LogP contribution in [0.3, 0.4) is 0 Å². The Morgan fingerprint density at radius 1 is 0.966 bits per heavy atom. The summed E-state index contributed by atoms with van der Waals surface area (Å²) in [6.45, 7) is 0. The molecule has 1 aliphatic carbocycles. The largest absolute Gasteiger partial charge is 0.493 e. The molecular weight excluding hydrogens is 368 g/mol. The Kier molecular flexibility index (Phi) is 5.29. The molecule has 2 aromatic carbocycles. The summed E-state index contributed by atoms with van der Waals surface area (Å²) in [5.41, 5.74) is 2.99. The SMILES string of the molecule is COc1ccc(-c2ccc(Nc3cccc(C(=O)NC4CC4)c3)nn2)cc1OC. The van der Waals surface area contributed by atoms with Crippen LogP contribution in [0.4, 0.5) is 11.5 Å². The summed E-state index contributed by atoms with van der Waals surface area (Å²) in [4.78, 5) is 12.2. The fraction of sp³-hybridized carbons (Fsp3) is 0.227. The lowest BCUT2D eigenvalue weighted by molar-refractivity contribution is 0.0951. The highest BCUT2D eigenvalue weighted by molar-refractivity contribution is 5.95. The van der Waals surface area contributed by atoms with E-state index in [1.54, 1.807) is 20.3 Å². The number of carbonyl (C=O) groups excluding carboxylic acids is 1. The van der Waals surface area contributed by atoms with Crippen molar-refractivity contribution < 1.29 is 14.3 Å². The van der Waals surface area contributed by atoms with Crippen molar-refractivity contribution in [2.45, 2.75) is 18.9 Å². The fourth-order valence-corrected chi connectivity index (χ4v) is 2.93. The molecule has 2 N–H and O–H groups in total. The van der Waals surface area contributed by atoms with E-state index in [4.69, 9.17) is 9.47 Å². The molecule has 1 saturated carbocycles. The highest BCUT2D eigenvalue weighted by atomic mass is 16.5. The predicted molar refractivity (Wildman–Crippen MR) is 111 cm³/mol. The summed E-state index contributed by atoms with van der Waals surface area (Å²) < 4.78 is 10.6. The van der Waals surface area contributed by atoms with Gasteiger partial charge in [-0.25, -0.2) is 0 Å². The lowest BCUT2D eigenvalue weighted by Gasteiger charge is -2.10. The van der Waals surface area contributed by atoms with Crippen LogP contribution in [0.25, 0.3) is 11.3 Å². The van der Waals surface area contributed by atoms with Crippen LogP contribution in [0, 0.1) is 0 Å². The van der Waals surface area contributed by atoms with Gasteiger partial charge >= 0.3 is 0 Å². The summed E-state index contributed by atoms with van der Waals surface area (Å²) in [5, 5.41) is 14.7. The van der Waals surface area contributed by atoms with Crippen LogP contribution in [0.15, 0.2) is 54.6 Å². The molecule has 1 fully saturated rings. The number of benzene rings is 2. The van der Waals surface area contributed by atoms with Crippen LogP contribution in [0.1, 0.15) is 23.2 Å². The summed E-state index contributed by atoms with van der Waals surface area (Å²) in [7, 11) is 3.20. The fourth-order valence-electron chi connectivity index (χ4n) is 2.93. The number of nitrogens with zero attached hydrogens (tertiary/aromatic N) is 2. The Bertz CT molecular complexity index is 1020. The molecule has 1 aromatic heterocycles. The molecule has 0 spiro atoms. The Morgan fingerprint density at radius 3 is 2.48 bits per heavy atom. The van der Waals surface area contributed by atoms with Gasteiger partial charge in [-0.15, -0.1) is 10.2 Å². The Hall–Kier alpha value is -3.61. The Labute approximate surface area is 169 Å². The van der Waals surface area contributed by atoms with E-state index in [2.05, 4.69) is 20.8 Å². The number of aromatic nitrogens is 2. The summed E-state index contributed by atoms with van der Waals surface area (Å²) in [5.74, 6) is 1.84. The second kappa shape index (κ2) is 8.18. The van der Waals surface area contributed by atoms with Gasteiger partial charge in [0.1, 0.15) is 0 Å². The van der Waals surface area contributed by atoms with Gasteiger partial charge in [0, 0.05) is 22.9 Å². The molecule has 0 bridgehead atoms.